The van der Waals surface area contributed by atoms with E-state index < -0.39 is 103 Å². The van der Waals surface area contributed by atoms with Crippen LogP contribution in [0, 0.1) is 136 Å². The molecule has 0 spiro atoms. The number of halogens is 6. The van der Waals surface area contributed by atoms with Gasteiger partial charge in [0.25, 0.3) is 30.1 Å². The molecule has 0 saturated carbocycles. The van der Waals surface area contributed by atoms with E-state index in [-0.39, 0.29) is 214 Å². The number of hydrogen-bond donors (Lipinski definition) is 1. The number of benzene rings is 8. The van der Waals surface area contributed by atoms with E-state index in [2.05, 4.69) is 59.6 Å². The van der Waals surface area contributed by atoms with Crippen LogP contribution < -0.4 is 12.9 Å². The maximum atomic E-state index is 14.1. The summed E-state index contributed by atoms with van der Waals surface area (Å²) in [5.41, 5.74) is 5.90. The van der Waals surface area contributed by atoms with Gasteiger partial charge in [-0.3, -0.25) is 28.8 Å². The second-order valence-corrected chi connectivity index (χ2v) is 42.0. The predicted octanol–water partition coefficient (Wildman–Crippen LogP) is 12.6. The second kappa shape index (κ2) is 43.0. The zero-order chi connectivity index (χ0) is 85.4. The van der Waals surface area contributed by atoms with Gasteiger partial charge in [0.15, 0.2) is 0 Å². The number of fused-ring (bicyclic) bond motifs is 15. The van der Waals surface area contributed by atoms with E-state index in [1.165, 1.54) is 56.8 Å². The molecule has 644 valence electrons. The third-order valence-corrected chi connectivity index (χ3v) is 32.1. The fourth-order valence-corrected chi connectivity index (χ4v) is 26.4. The van der Waals surface area contributed by atoms with E-state index in [0.717, 1.165) is 34.2 Å². The molecule has 8 aromatic rings. The quantitative estimate of drug-likeness (QED) is 0.0303. The average Bonchev–Trinajstić information content (AvgIpc) is 1.53. The minimum Gasteiger partial charge on any atom is -0.396 e. The van der Waals surface area contributed by atoms with Crippen molar-refractivity contribution in [2.24, 2.45) is 0 Å². The number of unbranched alkanes of at least 4 members (excludes halogenated alkanes) is 2. The van der Waals surface area contributed by atoms with Gasteiger partial charge >= 0.3 is 4.96 Å². The van der Waals surface area contributed by atoms with Gasteiger partial charge in [-0.15, -0.1) is 0 Å². The van der Waals surface area contributed by atoms with Crippen molar-refractivity contribution in [1.29, 1.82) is 0 Å². The Hall–Kier alpha value is -4.15. The van der Waals surface area contributed by atoms with Gasteiger partial charge in [-0.1, -0.05) is 229 Å². The molecule has 124 heavy (non-hydrogen) atoms. The maximum absolute atomic E-state index is 14.1. The number of carbonyl (C=O) groups is 6. The van der Waals surface area contributed by atoms with Crippen LogP contribution >= 0.6 is 82.2 Å². The summed E-state index contributed by atoms with van der Waals surface area (Å²) in [4.78, 5) is 91.6. The SMILES string of the molecule is C[C@H]1C(=O)N2[C@@H](C[C@]3(Br)c4ccccc4N(S(=O)(=O)c4ccccc4)[C@H]23)C(=O)N1CC#CCOCc1ccccc1.C[C@H]1C(=O)N2[C@@H](C[C@]3(Br)c4ccccc4N(S(=O)(=O)c4ccccc4)[C@H]23)C(=O)N1CCCCO.C[C@H]1C(=O)N2[C@@H](C[C@]3(Br)c4ccccc4N(S(=O)(=O)c4ccccc4)[C@H]23)C(=O)N1CCCCOCc1ccccc1.ClB(Cl)Cl.[U].[U].[U].[U]. The molecule has 9 heterocycles. The maximum Gasteiger partial charge on any atom is 0.450 e. The number of rotatable bonds is 21. The Morgan fingerprint density at radius 3 is 1.01 bits per heavy atom. The summed E-state index contributed by atoms with van der Waals surface area (Å²) >= 11 is 26.0. The van der Waals surface area contributed by atoms with Crippen molar-refractivity contribution < 1.29 is 193 Å². The summed E-state index contributed by atoms with van der Waals surface area (Å²) in [6.45, 7) is 7.72. The Balaban J connectivity index is 0.000000188. The third-order valence-electron chi connectivity index (χ3n) is 23.3. The molecule has 38 heteroatoms. The molecule has 6 fully saturated rings. The Labute approximate surface area is 858 Å². The topological polar surface area (TPSA) is 273 Å². The number of carbonyl (C=O) groups excluding carboxylic acids is 6. The largest absolute Gasteiger partial charge is 0.450 e. The van der Waals surface area contributed by atoms with Gasteiger partial charge in [-0.05, 0) is 129 Å². The molecule has 0 radical (unpaired) electrons. The number of ether oxygens (including phenoxy) is 2. The molecule has 17 rings (SSSR count). The molecule has 24 nitrogen and oxygen atoms in total. The monoisotopic (exact) mass is 2890 g/mol. The molecule has 6 amide bonds. The molecular formula is C86H86BBr3Cl3N9O15S3U4. The Kier molecular flexibility index (Phi) is 35.4. The first-order valence-corrected chi connectivity index (χ1v) is 47.2. The summed E-state index contributed by atoms with van der Waals surface area (Å²) in [5, 5.41) is 9.12. The number of aliphatic hydroxyl groups is 1. The van der Waals surface area contributed by atoms with E-state index >= 15 is 0 Å². The number of nitrogens with zero attached hydrogens (tertiary/aromatic N) is 9. The standard InChI is InChI=1S/C31H32BrN3O5S.C31H28BrN3O5S.C24H26BrN3O5S.BCl3.4U/c2*1-22-28(36)34-27(29(37)33(22)18-10-11-19-40-21-23-12-4-2-5-13-23)20-31(32)25-16-8-9-17-26(25)35(30(31)34)41(38,39)24-14-6-3-7-15-24;1-16-21(30)27-20(22(31)26(16)13-7-8-14-29)15-24(25)18-11-5-6-12-19(18)28(23(24)27)34(32,33)17-9-3-2-4-10-17;2-1(3)4;;;;/h2-9,12-17,22,27,30H,10-11,18-21H2,1H3;2-9,12-17,22,27,30H,18-21H2,1H3;2-6,9-12,16,20,23,29H,7-8,13-15H2,1H3;;;;;/t2*22-,27-,30-,31-;16-,20-,23-,24-;;;;;/m000...../s1. The molecule has 0 unspecified atom stereocenters. The van der Waals surface area contributed by atoms with Crippen LogP contribution in [0.5, 0.6) is 0 Å². The van der Waals surface area contributed by atoms with Crippen LogP contribution in [0.3, 0.4) is 0 Å². The van der Waals surface area contributed by atoms with Crippen LogP contribution in [-0.4, -0.2) is 194 Å². The van der Waals surface area contributed by atoms with Crippen LogP contribution in [0.25, 0.3) is 0 Å². The number of anilines is 3. The van der Waals surface area contributed by atoms with Crippen molar-refractivity contribution >= 4 is 170 Å². The molecule has 9 aliphatic heterocycles. The normalized spacial score (nSPS) is 24.6. The van der Waals surface area contributed by atoms with Gasteiger partial charge in [-0.2, -0.15) is 34.4 Å². The first-order chi connectivity index (χ1) is 57.5. The van der Waals surface area contributed by atoms with Gasteiger partial charge < -0.3 is 44.0 Å². The number of aliphatic hydroxyl groups excluding tert-OH is 1. The number of alkyl halides is 3. The minimum absolute atomic E-state index is 0. The van der Waals surface area contributed by atoms with Gasteiger partial charge in [0.1, 0.15) is 61.4 Å². The van der Waals surface area contributed by atoms with Crippen LogP contribution in [0.4, 0.5) is 17.1 Å². The van der Waals surface area contributed by atoms with Crippen molar-refractivity contribution in [2.45, 2.75) is 161 Å². The molecule has 8 aromatic carbocycles. The number of sulfonamides is 3. The molecule has 0 bridgehead atoms. The minimum atomic E-state index is -4.06. The molecule has 0 aliphatic carbocycles. The van der Waals surface area contributed by atoms with Crippen LogP contribution in [0.15, 0.2) is 239 Å². The molecule has 1 N–H and O–H groups in total. The Bertz CT molecular complexity index is 5630. The fourth-order valence-electron chi connectivity index (χ4n) is 17.7. The number of amides is 6. The van der Waals surface area contributed by atoms with Gasteiger partial charge in [-0.25, -0.2) is 38.2 Å². The zero-order valence-corrected chi connectivity index (χ0v) is 93.6. The first kappa shape index (κ1) is 102. The second-order valence-electron chi connectivity index (χ2n) is 30.3. The summed E-state index contributed by atoms with van der Waals surface area (Å²) in [6, 6.07) is 61.3. The molecule has 9 aliphatic rings. The molecule has 0 aromatic heterocycles. The fraction of sp³-hybridized carbons (Fsp3) is 0.349. The molecular weight excluding hydrogens is 2800 g/mol. The molecule has 12 atom stereocenters. The summed E-state index contributed by atoms with van der Waals surface area (Å²) < 4.78 is 96.6. The van der Waals surface area contributed by atoms with E-state index in [9.17, 15) is 54.0 Å². The summed E-state index contributed by atoms with van der Waals surface area (Å²) in [6.07, 6.45) is 0.630. The van der Waals surface area contributed by atoms with E-state index in [0.29, 0.717) is 69.2 Å². The first-order valence-electron chi connectivity index (χ1n) is 39.2. The average molecular weight is 2890 g/mol. The van der Waals surface area contributed by atoms with Crippen molar-refractivity contribution in [1.82, 2.24) is 29.4 Å². The molecule has 6 saturated heterocycles. The van der Waals surface area contributed by atoms with Gasteiger partial charge in [0.2, 0.25) is 35.4 Å². The van der Waals surface area contributed by atoms with Crippen molar-refractivity contribution in [3.8, 4) is 11.8 Å². The predicted molar refractivity (Wildman–Crippen MR) is 469 cm³/mol. The van der Waals surface area contributed by atoms with Crippen LogP contribution in [-0.2, 0) is 94.5 Å². The van der Waals surface area contributed by atoms with Crippen molar-refractivity contribution in [2.75, 3.05) is 52.4 Å². The Morgan fingerprint density at radius 2 is 0.677 bits per heavy atom. The van der Waals surface area contributed by atoms with Crippen LogP contribution in [0.1, 0.15) is 93.5 Å². The third kappa shape index (κ3) is 19.6. The summed E-state index contributed by atoms with van der Waals surface area (Å²) in [5.74, 6) is 4.48. The summed E-state index contributed by atoms with van der Waals surface area (Å²) in [7, 11) is -12.1. The number of para-hydroxylation sites is 3. The van der Waals surface area contributed by atoms with Gasteiger partial charge in [0.05, 0.1) is 64.5 Å². The van der Waals surface area contributed by atoms with Crippen LogP contribution in [0.2, 0.25) is 0 Å². The van der Waals surface area contributed by atoms with Crippen molar-refractivity contribution in [3.05, 3.63) is 252 Å². The van der Waals surface area contributed by atoms with E-state index in [1.807, 2.05) is 97.1 Å². The number of hydrogen-bond acceptors (Lipinski definition) is 15. The smallest absolute Gasteiger partial charge is 0.396 e. The van der Waals surface area contributed by atoms with Gasteiger partial charge in [0, 0.05) is 170 Å². The zero-order valence-electron chi connectivity index (χ0n) is 67.4. The van der Waals surface area contributed by atoms with Crippen molar-refractivity contribution in [3.63, 3.8) is 0 Å². The number of piperazine rings is 3. The van der Waals surface area contributed by atoms with E-state index in [4.69, 9.17) is 49.0 Å². The Morgan fingerprint density at radius 1 is 0.395 bits per heavy atom. The van der Waals surface area contributed by atoms with E-state index in [1.54, 1.807) is 134 Å².